The Kier molecular flexibility index (Phi) is 6.33. The zero-order valence-corrected chi connectivity index (χ0v) is 17.7. The molecule has 2 aromatic carbocycles. The number of rotatable bonds is 7. The molecule has 0 saturated heterocycles. The number of amides is 1. The minimum atomic E-state index is -0.0357. The number of para-hydroxylation sites is 2. The van der Waals surface area contributed by atoms with Crippen LogP contribution in [0.15, 0.2) is 77.2 Å². The van der Waals surface area contributed by atoms with E-state index in [4.69, 9.17) is 4.98 Å². The van der Waals surface area contributed by atoms with Crippen molar-refractivity contribution in [3.63, 3.8) is 0 Å². The maximum atomic E-state index is 13.2. The smallest absolute Gasteiger partial charge is 0.262 e. The van der Waals surface area contributed by atoms with Crippen LogP contribution in [0.4, 0.5) is 5.69 Å². The molecule has 0 bridgehead atoms. The van der Waals surface area contributed by atoms with Crippen molar-refractivity contribution in [2.24, 2.45) is 0 Å². The van der Waals surface area contributed by atoms with Crippen molar-refractivity contribution in [2.45, 2.75) is 36.9 Å². The number of hydrogen-bond donors (Lipinski definition) is 0. The van der Waals surface area contributed by atoms with Gasteiger partial charge in [0.15, 0.2) is 5.16 Å². The summed E-state index contributed by atoms with van der Waals surface area (Å²) in [4.78, 5) is 32.7. The molecule has 1 aliphatic rings. The van der Waals surface area contributed by atoms with Gasteiger partial charge < -0.3 is 4.90 Å². The van der Waals surface area contributed by atoms with E-state index in [1.807, 2.05) is 59.2 Å². The van der Waals surface area contributed by atoms with Crippen LogP contribution in [0, 0.1) is 0 Å². The number of thioether (sulfide) groups is 1. The fourth-order valence-electron chi connectivity index (χ4n) is 4.00. The van der Waals surface area contributed by atoms with Crippen molar-refractivity contribution in [3.05, 3.63) is 77.6 Å². The van der Waals surface area contributed by atoms with E-state index >= 15 is 0 Å². The van der Waals surface area contributed by atoms with Gasteiger partial charge in [-0.1, -0.05) is 61.0 Å². The topological polar surface area (TPSA) is 55.2 Å². The Hall–Kier alpha value is -2.86. The van der Waals surface area contributed by atoms with Gasteiger partial charge in [-0.15, -0.1) is 6.58 Å². The summed E-state index contributed by atoms with van der Waals surface area (Å²) in [5, 5.41) is 1.27. The lowest BCUT2D eigenvalue weighted by molar-refractivity contribution is -0.116. The van der Waals surface area contributed by atoms with Crippen molar-refractivity contribution in [3.8, 4) is 0 Å². The van der Waals surface area contributed by atoms with Crippen molar-refractivity contribution in [1.29, 1.82) is 0 Å². The lowest BCUT2D eigenvalue weighted by Crippen LogP contribution is -2.33. The molecule has 1 fully saturated rings. The number of hydrogen-bond acceptors (Lipinski definition) is 4. The number of carbonyl (C=O) groups is 1. The highest BCUT2D eigenvalue weighted by Gasteiger charge is 2.24. The first-order valence-corrected chi connectivity index (χ1v) is 11.3. The molecule has 4 rings (SSSR count). The molecule has 154 valence electrons. The lowest BCUT2D eigenvalue weighted by atomic mass is 10.2. The molecular weight excluding hydrogens is 394 g/mol. The number of carbonyl (C=O) groups excluding carboxylic acids is 1. The van der Waals surface area contributed by atoms with Crippen molar-refractivity contribution in [2.75, 3.05) is 17.2 Å². The summed E-state index contributed by atoms with van der Waals surface area (Å²) >= 11 is 1.35. The fraction of sp³-hybridized carbons (Fsp3) is 0.292. The molecule has 0 atom stereocenters. The molecule has 30 heavy (non-hydrogen) atoms. The van der Waals surface area contributed by atoms with Crippen molar-refractivity contribution in [1.82, 2.24) is 9.55 Å². The standard InChI is InChI=1S/C24H25N3O2S/c1-2-16-26(18-10-4-3-5-11-18)22(28)17-30-24-25-21-15-9-8-14-20(21)23(29)27(24)19-12-6-7-13-19/h2-5,8-11,14-15,19H,1,6-7,12-13,16-17H2. The summed E-state index contributed by atoms with van der Waals surface area (Å²) in [6, 6.07) is 17.2. The summed E-state index contributed by atoms with van der Waals surface area (Å²) in [6.07, 6.45) is 5.92. The van der Waals surface area contributed by atoms with E-state index in [1.54, 1.807) is 11.0 Å². The molecule has 1 amide bonds. The summed E-state index contributed by atoms with van der Waals surface area (Å²) in [5.74, 6) is 0.173. The van der Waals surface area contributed by atoms with Gasteiger partial charge in [0.2, 0.25) is 5.91 Å². The lowest BCUT2D eigenvalue weighted by Gasteiger charge is -2.22. The van der Waals surface area contributed by atoms with Crippen LogP contribution in [0.5, 0.6) is 0 Å². The van der Waals surface area contributed by atoms with Crippen LogP contribution in [0.2, 0.25) is 0 Å². The average Bonchev–Trinajstić information content (AvgIpc) is 3.31. The van der Waals surface area contributed by atoms with Crippen LogP contribution in [-0.4, -0.2) is 27.8 Å². The minimum absolute atomic E-state index is 0.00606. The first-order valence-electron chi connectivity index (χ1n) is 10.3. The van der Waals surface area contributed by atoms with E-state index in [-0.39, 0.29) is 23.3 Å². The van der Waals surface area contributed by atoms with E-state index in [0.29, 0.717) is 22.6 Å². The number of benzene rings is 2. The third-order valence-corrected chi connectivity index (χ3v) is 6.41. The second kappa shape index (κ2) is 9.30. The van der Waals surface area contributed by atoms with Crippen LogP contribution in [-0.2, 0) is 4.79 Å². The second-order valence-electron chi connectivity index (χ2n) is 7.44. The van der Waals surface area contributed by atoms with Gasteiger partial charge in [-0.2, -0.15) is 0 Å². The number of aromatic nitrogens is 2. The first kappa shape index (κ1) is 20.4. The molecule has 1 aromatic heterocycles. The Morgan fingerprint density at radius 1 is 1.13 bits per heavy atom. The predicted molar refractivity (Wildman–Crippen MR) is 123 cm³/mol. The highest BCUT2D eigenvalue weighted by molar-refractivity contribution is 7.99. The minimum Gasteiger partial charge on any atom is -0.308 e. The Morgan fingerprint density at radius 3 is 2.57 bits per heavy atom. The summed E-state index contributed by atoms with van der Waals surface area (Å²) < 4.78 is 1.83. The Balaban J connectivity index is 1.64. The molecule has 0 aliphatic heterocycles. The van der Waals surface area contributed by atoms with E-state index in [2.05, 4.69) is 6.58 Å². The van der Waals surface area contributed by atoms with Gasteiger partial charge in [-0.25, -0.2) is 4.98 Å². The maximum absolute atomic E-state index is 13.2. The molecule has 1 aliphatic carbocycles. The zero-order chi connectivity index (χ0) is 20.9. The van der Waals surface area contributed by atoms with Gasteiger partial charge >= 0.3 is 0 Å². The molecule has 0 unspecified atom stereocenters. The third kappa shape index (κ3) is 4.19. The Bertz CT molecular complexity index is 1100. The van der Waals surface area contributed by atoms with Crippen LogP contribution >= 0.6 is 11.8 Å². The van der Waals surface area contributed by atoms with Crippen molar-refractivity contribution >= 4 is 34.3 Å². The predicted octanol–water partition coefficient (Wildman–Crippen LogP) is 4.82. The quantitative estimate of drug-likeness (QED) is 0.313. The molecule has 0 spiro atoms. The number of nitrogens with zero attached hydrogens (tertiary/aromatic N) is 3. The third-order valence-electron chi connectivity index (χ3n) is 5.47. The largest absolute Gasteiger partial charge is 0.308 e. The van der Waals surface area contributed by atoms with Gasteiger partial charge in [-0.05, 0) is 37.1 Å². The highest BCUT2D eigenvalue weighted by Crippen LogP contribution is 2.32. The summed E-state index contributed by atoms with van der Waals surface area (Å²) in [5.41, 5.74) is 1.51. The fourth-order valence-corrected chi connectivity index (χ4v) is 4.95. The summed E-state index contributed by atoms with van der Waals surface area (Å²) in [6.45, 7) is 4.21. The number of anilines is 1. The van der Waals surface area contributed by atoms with Crippen molar-refractivity contribution < 1.29 is 4.79 Å². The molecule has 0 radical (unpaired) electrons. The molecular formula is C24H25N3O2S. The van der Waals surface area contributed by atoms with Crippen LogP contribution in [0.1, 0.15) is 31.7 Å². The highest BCUT2D eigenvalue weighted by atomic mass is 32.2. The Morgan fingerprint density at radius 2 is 1.83 bits per heavy atom. The molecule has 5 nitrogen and oxygen atoms in total. The molecule has 0 N–H and O–H groups in total. The zero-order valence-electron chi connectivity index (χ0n) is 16.9. The van der Waals surface area contributed by atoms with Gasteiger partial charge in [0, 0.05) is 18.3 Å². The first-order chi connectivity index (χ1) is 14.7. The van der Waals surface area contributed by atoms with E-state index in [1.165, 1.54) is 11.8 Å². The van der Waals surface area contributed by atoms with E-state index in [9.17, 15) is 9.59 Å². The van der Waals surface area contributed by atoms with Gasteiger partial charge in [0.1, 0.15) is 0 Å². The van der Waals surface area contributed by atoms with Crippen LogP contribution in [0.25, 0.3) is 10.9 Å². The van der Waals surface area contributed by atoms with E-state index in [0.717, 1.165) is 31.4 Å². The molecule has 3 aromatic rings. The van der Waals surface area contributed by atoms with Crippen LogP contribution in [0.3, 0.4) is 0 Å². The SMILES string of the molecule is C=CCN(C(=O)CSc1nc2ccccc2c(=O)n1C1CCCC1)c1ccccc1. The normalized spacial score (nSPS) is 14.1. The van der Waals surface area contributed by atoms with Gasteiger partial charge in [0.05, 0.1) is 16.7 Å². The molecule has 6 heteroatoms. The monoisotopic (exact) mass is 419 g/mol. The second-order valence-corrected chi connectivity index (χ2v) is 8.38. The molecule has 1 heterocycles. The maximum Gasteiger partial charge on any atom is 0.262 e. The van der Waals surface area contributed by atoms with Crippen LogP contribution < -0.4 is 10.5 Å². The Labute approximate surface area is 180 Å². The number of fused-ring (bicyclic) bond motifs is 1. The van der Waals surface area contributed by atoms with Gasteiger partial charge in [-0.3, -0.25) is 14.2 Å². The van der Waals surface area contributed by atoms with Gasteiger partial charge in [0.25, 0.3) is 5.56 Å². The average molecular weight is 420 g/mol. The molecule has 1 saturated carbocycles. The van der Waals surface area contributed by atoms with E-state index < -0.39 is 0 Å². The summed E-state index contributed by atoms with van der Waals surface area (Å²) in [7, 11) is 0.